The van der Waals surface area contributed by atoms with Crippen LogP contribution < -0.4 is 14.4 Å². The third-order valence-electron chi connectivity index (χ3n) is 5.87. The van der Waals surface area contributed by atoms with E-state index in [1.807, 2.05) is 0 Å². The Morgan fingerprint density at radius 1 is 1.21 bits per heavy atom. The second-order valence-electron chi connectivity index (χ2n) is 8.14. The van der Waals surface area contributed by atoms with E-state index in [0.29, 0.717) is 33.9 Å². The number of carbonyl (C=O) groups excluding carboxylic acids is 1. The van der Waals surface area contributed by atoms with Crippen LogP contribution in [-0.2, 0) is 21.4 Å². The number of amides is 1. The zero-order valence-electron chi connectivity index (χ0n) is 17.7. The lowest BCUT2D eigenvalue weighted by atomic mass is 9.85. The van der Waals surface area contributed by atoms with Crippen molar-refractivity contribution in [2.45, 2.75) is 43.5 Å². The van der Waals surface area contributed by atoms with E-state index in [-0.39, 0.29) is 29.9 Å². The van der Waals surface area contributed by atoms with Gasteiger partial charge in [-0.05, 0) is 55.7 Å². The van der Waals surface area contributed by atoms with Crippen LogP contribution in [0.3, 0.4) is 0 Å². The van der Waals surface area contributed by atoms with Gasteiger partial charge >= 0.3 is 0 Å². The van der Waals surface area contributed by atoms with Gasteiger partial charge in [0, 0.05) is 10.9 Å². The Morgan fingerprint density at radius 3 is 2.79 bits per heavy atom. The molecule has 172 valence electrons. The lowest BCUT2D eigenvalue weighted by molar-refractivity contribution is -0.121. The van der Waals surface area contributed by atoms with E-state index in [0.717, 1.165) is 24.8 Å². The maximum absolute atomic E-state index is 13.1. The molecule has 2 aromatic carbocycles. The van der Waals surface area contributed by atoms with Crippen LogP contribution in [0.25, 0.3) is 0 Å². The summed E-state index contributed by atoms with van der Waals surface area (Å²) in [5, 5.41) is 4.41. The van der Waals surface area contributed by atoms with Gasteiger partial charge in [0.25, 0.3) is 15.9 Å². The van der Waals surface area contributed by atoms with Gasteiger partial charge in [0.15, 0.2) is 12.4 Å². The minimum absolute atomic E-state index is 0.0211. The van der Waals surface area contributed by atoms with Crippen molar-refractivity contribution in [1.29, 1.82) is 0 Å². The third-order valence-corrected chi connectivity index (χ3v) is 7.46. The molecule has 1 saturated carbocycles. The van der Waals surface area contributed by atoms with E-state index in [1.54, 1.807) is 25.1 Å². The van der Waals surface area contributed by atoms with Gasteiger partial charge in [0.2, 0.25) is 5.89 Å². The van der Waals surface area contributed by atoms with Crippen LogP contribution in [0.5, 0.6) is 5.75 Å². The lowest BCUT2D eigenvalue weighted by Gasteiger charge is -2.28. The minimum atomic E-state index is -3.95. The van der Waals surface area contributed by atoms with Gasteiger partial charge in [0.1, 0.15) is 5.75 Å². The molecule has 1 amide bonds. The van der Waals surface area contributed by atoms with Gasteiger partial charge in [-0.1, -0.05) is 29.2 Å². The van der Waals surface area contributed by atoms with Crippen molar-refractivity contribution < 1.29 is 22.5 Å². The molecule has 9 nitrogen and oxygen atoms in total. The average Bonchev–Trinajstić information content (AvgIpc) is 3.19. The largest absolute Gasteiger partial charge is 0.482 e. The van der Waals surface area contributed by atoms with Crippen molar-refractivity contribution in [3.05, 3.63) is 58.7 Å². The number of fused-ring (bicyclic) bond motifs is 1. The second-order valence-corrected chi connectivity index (χ2v) is 10.3. The molecule has 3 aromatic rings. The van der Waals surface area contributed by atoms with Crippen molar-refractivity contribution >= 4 is 38.9 Å². The van der Waals surface area contributed by atoms with Gasteiger partial charge in [-0.25, -0.2) is 8.42 Å². The summed E-state index contributed by atoms with van der Waals surface area (Å²) in [5.74, 6) is 1.28. The number of aromatic nitrogens is 2. The number of aryl methyl sites for hydroxylation is 1. The van der Waals surface area contributed by atoms with Crippen LogP contribution in [-0.4, -0.2) is 31.1 Å². The number of hydrogen-bond donors (Lipinski definition) is 1. The fourth-order valence-electron chi connectivity index (χ4n) is 3.72. The standard InChI is InChI=1S/C22H21ClN4O5S/c1-13-5-6-15(23)9-17(13)26-33(29,30)16-7-8-19-18(10-16)27(21(28)12-31-19)11-20-24-22(32-25-20)14-3-2-4-14/h5-10,14,26H,2-4,11-12H2,1H3. The molecule has 5 rings (SSSR count). The quantitative estimate of drug-likeness (QED) is 0.557. The highest BCUT2D eigenvalue weighted by Crippen LogP contribution is 2.37. The first-order chi connectivity index (χ1) is 15.8. The minimum Gasteiger partial charge on any atom is -0.482 e. The monoisotopic (exact) mass is 488 g/mol. The van der Waals surface area contributed by atoms with Crippen molar-refractivity contribution in [3.63, 3.8) is 0 Å². The van der Waals surface area contributed by atoms with E-state index in [1.165, 1.54) is 23.1 Å². The normalized spacial score (nSPS) is 16.2. The summed E-state index contributed by atoms with van der Waals surface area (Å²) < 4.78 is 39.6. The van der Waals surface area contributed by atoms with Crippen molar-refractivity contribution in [3.8, 4) is 5.75 Å². The molecule has 33 heavy (non-hydrogen) atoms. The molecule has 1 aromatic heterocycles. The number of anilines is 2. The molecular weight excluding hydrogens is 468 g/mol. The highest BCUT2D eigenvalue weighted by Gasteiger charge is 2.31. The fraction of sp³-hybridized carbons (Fsp3) is 0.318. The van der Waals surface area contributed by atoms with E-state index in [9.17, 15) is 13.2 Å². The van der Waals surface area contributed by atoms with Crippen LogP contribution in [0.2, 0.25) is 5.02 Å². The predicted molar refractivity (Wildman–Crippen MR) is 121 cm³/mol. The summed E-state index contributed by atoms with van der Waals surface area (Å²) in [7, 11) is -3.95. The number of benzene rings is 2. The number of sulfonamides is 1. The predicted octanol–water partition coefficient (Wildman–Crippen LogP) is 4.03. The highest BCUT2D eigenvalue weighted by molar-refractivity contribution is 7.92. The zero-order chi connectivity index (χ0) is 23.2. The first-order valence-corrected chi connectivity index (χ1v) is 12.3. The second kappa shape index (κ2) is 8.35. The number of halogens is 1. The van der Waals surface area contributed by atoms with Crippen molar-refractivity contribution in [1.82, 2.24) is 10.1 Å². The number of hydrogen-bond acceptors (Lipinski definition) is 7. The molecule has 1 N–H and O–H groups in total. The summed E-state index contributed by atoms with van der Waals surface area (Å²) >= 11 is 6.02. The number of nitrogens with zero attached hydrogens (tertiary/aromatic N) is 3. The molecule has 11 heteroatoms. The Morgan fingerprint density at radius 2 is 2.03 bits per heavy atom. The molecule has 2 heterocycles. The van der Waals surface area contributed by atoms with Crippen LogP contribution in [0.4, 0.5) is 11.4 Å². The van der Waals surface area contributed by atoms with Crippen molar-refractivity contribution in [2.24, 2.45) is 0 Å². The van der Waals surface area contributed by atoms with Crippen LogP contribution >= 0.6 is 11.6 Å². The van der Waals surface area contributed by atoms with Crippen LogP contribution in [0.1, 0.15) is 42.5 Å². The van der Waals surface area contributed by atoms with Crippen molar-refractivity contribution in [2.75, 3.05) is 16.2 Å². The van der Waals surface area contributed by atoms with E-state index in [4.69, 9.17) is 20.9 Å². The molecule has 0 bridgehead atoms. The zero-order valence-corrected chi connectivity index (χ0v) is 19.3. The molecular formula is C22H21ClN4O5S. The molecule has 0 unspecified atom stereocenters. The Hall–Kier alpha value is -3.11. The average molecular weight is 489 g/mol. The molecule has 0 spiro atoms. The SMILES string of the molecule is Cc1ccc(Cl)cc1NS(=O)(=O)c1ccc2c(c1)N(Cc1noc(C3CCC3)n1)C(=O)CO2. The molecule has 0 saturated heterocycles. The lowest BCUT2D eigenvalue weighted by Crippen LogP contribution is -2.38. The van der Waals surface area contributed by atoms with Crippen LogP contribution in [0.15, 0.2) is 45.8 Å². The van der Waals surface area contributed by atoms with Gasteiger partial charge in [0.05, 0.1) is 22.8 Å². The highest BCUT2D eigenvalue weighted by atomic mass is 35.5. The maximum atomic E-state index is 13.1. The third kappa shape index (κ3) is 4.28. The van der Waals surface area contributed by atoms with E-state index >= 15 is 0 Å². The van der Waals surface area contributed by atoms with Crippen LogP contribution in [0, 0.1) is 6.92 Å². The van der Waals surface area contributed by atoms with E-state index < -0.39 is 10.0 Å². The van der Waals surface area contributed by atoms with Gasteiger partial charge in [-0.3, -0.25) is 14.4 Å². The number of nitrogens with one attached hydrogen (secondary N) is 1. The van der Waals surface area contributed by atoms with E-state index in [2.05, 4.69) is 14.9 Å². The summed E-state index contributed by atoms with van der Waals surface area (Å²) in [4.78, 5) is 18.5. The molecule has 2 aliphatic rings. The number of rotatable bonds is 6. The molecule has 1 fully saturated rings. The molecule has 0 atom stereocenters. The molecule has 1 aliphatic carbocycles. The van der Waals surface area contributed by atoms with Gasteiger partial charge in [-0.2, -0.15) is 4.98 Å². The Labute approximate surface area is 195 Å². The Balaban J connectivity index is 1.44. The number of carbonyl (C=O) groups is 1. The summed E-state index contributed by atoms with van der Waals surface area (Å²) in [5.41, 5.74) is 1.42. The Bertz CT molecular complexity index is 1340. The maximum Gasteiger partial charge on any atom is 0.265 e. The summed E-state index contributed by atoms with van der Waals surface area (Å²) in [6.45, 7) is 1.67. The topological polar surface area (TPSA) is 115 Å². The molecule has 0 radical (unpaired) electrons. The fourth-order valence-corrected chi connectivity index (χ4v) is 5.04. The molecule has 1 aliphatic heterocycles. The first-order valence-electron chi connectivity index (χ1n) is 10.5. The van der Waals surface area contributed by atoms with Gasteiger partial charge < -0.3 is 9.26 Å². The van der Waals surface area contributed by atoms with Gasteiger partial charge in [-0.15, -0.1) is 0 Å². The number of ether oxygens (including phenoxy) is 1. The Kier molecular flexibility index (Phi) is 5.49. The summed E-state index contributed by atoms with van der Waals surface area (Å²) in [6, 6.07) is 9.32. The smallest absolute Gasteiger partial charge is 0.265 e. The summed E-state index contributed by atoms with van der Waals surface area (Å²) in [6.07, 6.45) is 3.17. The first kappa shape index (κ1) is 21.7.